The fourth-order valence-corrected chi connectivity index (χ4v) is 2.12. The molecule has 20 heavy (non-hydrogen) atoms. The minimum Gasteiger partial charge on any atom is -0.505 e. The molecule has 104 valence electrons. The summed E-state index contributed by atoms with van der Waals surface area (Å²) in [5.41, 5.74) is 1.55. The molecule has 0 unspecified atom stereocenters. The van der Waals surface area contributed by atoms with Crippen LogP contribution in [0.1, 0.15) is 12.6 Å². The number of aliphatic hydroxyl groups is 1. The molecule has 1 aromatic heterocycles. The topological polar surface area (TPSA) is 51.5 Å². The van der Waals surface area contributed by atoms with Crippen LogP contribution in [0.5, 0.6) is 0 Å². The molecule has 0 aliphatic carbocycles. The number of aromatic nitrogens is 1. The molecule has 2 aromatic rings. The van der Waals surface area contributed by atoms with Gasteiger partial charge in [-0.25, -0.2) is 4.79 Å². The summed E-state index contributed by atoms with van der Waals surface area (Å²) in [5, 5.41) is 11.1. The van der Waals surface area contributed by atoms with Gasteiger partial charge in [0, 0.05) is 17.4 Å². The number of ether oxygens (including phenoxy) is 1. The molecule has 4 nitrogen and oxygen atoms in total. The highest BCUT2D eigenvalue weighted by Gasteiger charge is 2.12. The van der Waals surface area contributed by atoms with Crippen LogP contribution >= 0.6 is 0 Å². The van der Waals surface area contributed by atoms with Crippen LogP contribution in [0.3, 0.4) is 0 Å². The van der Waals surface area contributed by atoms with Gasteiger partial charge in [-0.1, -0.05) is 24.3 Å². The summed E-state index contributed by atoms with van der Waals surface area (Å²) in [4.78, 5) is 11.4. The van der Waals surface area contributed by atoms with E-state index in [0.29, 0.717) is 12.2 Å². The van der Waals surface area contributed by atoms with Gasteiger partial charge in [0.1, 0.15) is 5.76 Å². The maximum absolute atomic E-state index is 11.4. The summed E-state index contributed by atoms with van der Waals surface area (Å²) >= 11 is 0. The zero-order valence-electron chi connectivity index (χ0n) is 11.4. The minimum atomic E-state index is -0.555. The molecular formula is C16H17NO3. The number of hydrogen-bond donors (Lipinski definition) is 1. The number of carbonyl (C=O) groups excluding carboxylic acids is 1. The van der Waals surface area contributed by atoms with Gasteiger partial charge in [0.05, 0.1) is 18.4 Å². The molecule has 0 saturated heterocycles. The lowest BCUT2D eigenvalue weighted by molar-refractivity contribution is -0.137. The predicted molar refractivity (Wildman–Crippen MR) is 79.4 cm³/mol. The van der Waals surface area contributed by atoms with Crippen LogP contribution in [0.2, 0.25) is 0 Å². The summed E-state index contributed by atoms with van der Waals surface area (Å²) in [6.45, 7) is 6.26. The monoisotopic (exact) mass is 271 g/mol. The third-order valence-electron chi connectivity index (χ3n) is 2.93. The average Bonchev–Trinajstić information content (AvgIpc) is 2.79. The quantitative estimate of drug-likeness (QED) is 0.393. The average molecular weight is 271 g/mol. The van der Waals surface area contributed by atoms with Crippen molar-refractivity contribution < 1.29 is 14.6 Å². The van der Waals surface area contributed by atoms with E-state index in [9.17, 15) is 9.90 Å². The van der Waals surface area contributed by atoms with E-state index in [1.807, 2.05) is 34.9 Å². The van der Waals surface area contributed by atoms with Crippen LogP contribution < -0.4 is 0 Å². The predicted octanol–water partition coefficient (Wildman–Crippen LogP) is 3.29. The molecular weight excluding hydrogens is 254 g/mol. The van der Waals surface area contributed by atoms with Gasteiger partial charge in [0.25, 0.3) is 0 Å². The number of rotatable bonds is 5. The van der Waals surface area contributed by atoms with Gasteiger partial charge in [-0.15, -0.1) is 6.58 Å². The first-order valence-corrected chi connectivity index (χ1v) is 6.44. The van der Waals surface area contributed by atoms with Crippen LogP contribution in [0.15, 0.2) is 49.1 Å². The third kappa shape index (κ3) is 2.74. The third-order valence-corrected chi connectivity index (χ3v) is 2.93. The SMILES string of the molecule is C=CCn1c(C(O)=CC(=O)OCC)cc2ccccc21. The maximum Gasteiger partial charge on any atom is 0.334 e. The zero-order chi connectivity index (χ0) is 14.5. The van der Waals surface area contributed by atoms with Gasteiger partial charge in [-0.2, -0.15) is 0 Å². The van der Waals surface area contributed by atoms with E-state index in [2.05, 4.69) is 6.58 Å². The number of allylic oxidation sites excluding steroid dienone is 1. The molecule has 0 bridgehead atoms. The van der Waals surface area contributed by atoms with Gasteiger partial charge >= 0.3 is 5.97 Å². The first-order valence-electron chi connectivity index (χ1n) is 6.44. The summed E-state index contributed by atoms with van der Waals surface area (Å²) < 4.78 is 6.70. The van der Waals surface area contributed by atoms with E-state index < -0.39 is 5.97 Å². The zero-order valence-corrected chi connectivity index (χ0v) is 11.4. The maximum atomic E-state index is 11.4. The van der Waals surface area contributed by atoms with Crippen LogP contribution in [-0.4, -0.2) is 22.2 Å². The smallest absolute Gasteiger partial charge is 0.334 e. The normalized spacial score (nSPS) is 11.6. The number of esters is 1. The van der Waals surface area contributed by atoms with Gasteiger partial charge in [-0.3, -0.25) is 0 Å². The molecule has 1 heterocycles. The Morgan fingerprint density at radius 1 is 1.45 bits per heavy atom. The van der Waals surface area contributed by atoms with Crippen molar-refractivity contribution in [3.8, 4) is 0 Å². The molecule has 0 aliphatic rings. The fraction of sp³-hybridized carbons (Fsp3) is 0.188. The van der Waals surface area contributed by atoms with E-state index in [1.165, 1.54) is 0 Å². The molecule has 4 heteroatoms. The van der Waals surface area contributed by atoms with Crippen LogP contribution in [0.25, 0.3) is 16.7 Å². The Morgan fingerprint density at radius 2 is 2.20 bits per heavy atom. The lowest BCUT2D eigenvalue weighted by Gasteiger charge is -2.07. The molecule has 0 atom stereocenters. The molecule has 0 fully saturated rings. The molecule has 0 spiro atoms. The fourth-order valence-electron chi connectivity index (χ4n) is 2.12. The van der Waals surface area contributed by atoms with E-state index in [1.54, 1.807) is 13.0 Å². The molecule has 0 amide bonds. The van der Waals surface area contributed by atoms with Gasteiger partial charge in [-0.05, 0) is 19.1 Å². The number of hydrogen-bond acceptors (Lipinski definition) is 3. The highest BCUT2D eigenvalue weighted by atomic mass is 16.5. The van der Waals surface area contributed by atoms with Crippen molar-refractivity contribution >= 4 is 22.6 Å². The first kappa shape index (κ1) is 13.9. The number of benzene rings is 1. The molecule has 1 N–H and O–H groups in total. The molecule has 0 saturated carbocycles. The molecule has 2 rings (SSSR count). The van der Waals surface area contributed by atoms with E-state index in [-0.39, 0.29) is 12.4 Å². The highest BCUT2D eigenvalue weighted by Crippen LogP contribution is 2.24. The number of para-hydroxylation sites is 1. The van der Waals surface area contributed by atoms with Crippen molar-refractivity contribution in [2.24, 2.45) is 0 Å². The van der Waals surface area contributed by atoms with Crippen molar-refractivity contribution in [3.63, 3.8) is 0 Å². The second-order valence-corrected chi connectivity index (χ2v) is 4.27. The summed E-state index contributed by atoms with van der Waals surface area (Å²) in [6, 6.07) is 9.61. The minimum absolute atomic E-state index is 0.110. The van der Waals surface area contributed by atoms with Crippen LogP contribution in [-0.2, 0) is 16.1 Å². The largest absolute Gasteiger partial charge is 0.505 e. The first-order chi connectivity index (χ1) is 9.67. The van der Waals surface area contributed by atoms with Crippen molar-refractivity contribution in [2.45, 2.75) is 13.5 Å². The van der Waals surface area contributed by atoms with Crippen LogP contribution in [0.4, 0.5) is 0 Å². The molecule has 0 radical (unpaired) electrons. The van der Waals surface area contributed by atoms with Gasteiger partial charge < -0.3 is 14.4 Å². The second-order valence-electron chi connectivity index (χ2n) is 4.27. The Hall–Kier alpha value is -2.49. The van der Waals surface area contributed by atoms with Gasteiger partial charge in [0.15, 0.2) is 0 Å². The van der Waals surface area contributed by atoms with Crippen molar-refractivity contribution in [3.05, 3.63) is 54.8 Å². The number of nitrogens with zero attached hydrogens (tertiary/aromatic N) is 1. The molecule has 0 aliphatic heterocycles. The van der Waals surface area contributed by atoms with Crippen molar-refractivity contribution in [1.29, 1.82) is 0 Å². The van der Waals surface area contributed by atoms with Crippen LogP contribution in [0, 0.1) is 0 Å². The Kier molecular flexibility index (Phi) is 4.25. The van der Waals surface area contributed by atoms with E-state index >= 15 is 0 Å². The summed E-state index contributed by atoms with van der Waals surface area (Å²) in [5.74, 6) is -0.665. The Labute approximate surface area is 117 Å². The Bertz CT molecular complexity index is 667. The Balaban J connectivity index is 2.49. The molecule has 1 aromatic carbocycles. The standard InChI is InChI=1S/C16H17NO3/c1-3-9-17-13-8-6-5-7-12(13)10-14(17)15(18)11-16(19)20-4-2/h3,5-8,10-11,18H,1,4,9H2,2H3. The second kappa shape index (κ2) is 6.10. The van der Waals surface area contributed by atoms with Gasteiger partial charge in [0.2, 0.25) is 0 Å². The van der Waals surface area contributed by atoms with E-state index in [4.69, 9.17) is 4.74 Å². The highest BCUT2D eigenvalue weighted by molar-refractivity contribution is 5.92. The van der Waals surface area contributed by atoms with E-state index in [0.717, 1.165) is 17.0 Å². The number of aliphatic hydroxyl groups excluding tert-OH is 1. The van der Waals surface area contributed by atoms with Crippen molar-refractivity contribution in [1.82, 2.24) is 4.57 Å². The number of carbonyl (C=O) groups is 1. The lowest BCUT2D eigenvalue weighted by atomic mass is 10.2. The summed E-state index contributed by atoms with van der Waals surface area (Å²) in [7, 11) is 0. The number of fused-ring (bicyclic) bond motifs is 1. The Morgan fingerprint density at radius 3 is 2.90 bits per heavy atom. The summed E-state index contributed by atoms with van der Waals surface area (Å²) in [6.07, 6.45) is 2.84. The van der Waals surface area contributed by atoms with Crippen molar-refractivity contribution in [2.75, 3.05) is 6.61 Å². The lowest BCUT2D eigenvalue weighted by Crippen LogP contribution is -2.04.